The smallest absolute Gasteiger partial charge is 0.329 e. The summed E-state index contributed by atoms with van der Waals surface area (Å²) < 4.78 is 11.8. The summed E-state index contributed by atoms with van der Waals surface area (Å²) in [6, 6.07) is 9.18. The van der Waals surface area contributed by atoms with Gasteiger partial charge < -0.3 is 20.1 Å². The fourth-order valence-corrected chi connectivity index (χ4v) is 3.58. The summed E-state index contributed by atoms with van der Waals surface area (Å²) in [4.78, 5) is 35.7. The topological polar surface area (TPSA) is 118 Å². The van der Waals surface area contributed by atoms with Crippen LogP contribution in [0.25, 0.3) is 0 Å². The van der Waals surface area contributed by atoms with Gasteiger partial charge in [-0.25, -0.2) is 5.43 Å². The number of methoxy groups -OCH3 is 1. The van der Waals surface area contributed by atoms with Gasteiger partial charge in [-0.1, -0.05) is 6.07 Å². The van der Waals surface area contributed by atoms with E-state index < -0.39 is 11.8 Å². The van der Waals surface area contributed by atoms with E-state index in [2.05, 4.69) is 43.8 Å². The number of hydrazone groups is 1. The number of ether oxygens (including phenoxy) is 2. The third-order valence-electron chi connectivity index (χ3n) is 4.89. The van der Waals surface area contributed by atoms with E-state index in [1.54, 1.807) is 12.1 Å². The van der Waals surface area contributed by atoms with Gasteiger partial charge in [-0.05, 0) is 90.2 Å². The van der Waals surface area contributed by atoms with Gasteiger partial charge in [0.2, 0.25) is 0 Å². The molecular formula is C23H25IN4O5. The number of hydrogen-bond donors (Lipinski definition) is 3. The highest BCUT2D eigenvalue weighted by atomic mass is 127. The minimum Gasteiger partial charge on any atom is -0.493 e. The summed E-state index contributed by atoms with van der Waals surface area (Å²) in [5, 5.41) is 9.22. The van der Waals surface area contributed by atoms with E-state index in [4.69, 9.17) is 9.47 Å². The fourth-order valence-electron chi connectivity index (χ4n) is 2.80. The van der Waals surface area contributed by atoms with E-state index in [-0.39, 0.29) is 18.6 Å². The van der Waals surface area contributed by atoms with Crippen molar-refractivity contribution in [3.05, 3.63) is 50.6 Å². The van der Waals surface area contributed by atoms with Gasteiger partial charge in [-0.2, -0.15) is 5.10 Å². The van der Waals surface area contributed by atoms with Crippen LogP contribution in [0.1, 0.15) is 29.5 Å². The van der Waals surface area contributed by atoms with E-state index >= 15 is 0 Å². The first-order chi connectivity index (χ1) is 15.8. The number of nitrogens with zero attached hydrogens (tertiary/aromatic N) is 1. The van der Waals surface area contributed by atoms with E-state index in [0.29, 0.717) is 26.3 Å². The Morgan fingerprint density at radius 2 is 1.88 bits per heavy atom. The van der Waals surface area contributed by atoms with E-state index in [1.165, 1.54) is 13.3 Å². The zero-order valence-corrected chi connectivity index (χ0v) is 20.7. The second kappa shape index (κ2) is 11.1. The maximum absolute atomic E-state index is 12.3. The van der Waals surface area contributed by atoms with Crippen LogP contribution in [0.15, 0.2) is 35.4 Å². The lowest BCUT2D eigenvalue weighted by atomic mass is 10.1. The number of nitrogens with one attached hydrogen (secondary N) is 3. The monoisotopic (exact) mass is 564 g/mol. The lowest BCUT2D eigenvalue weighted by Crippen LogP contribution is -2.38. The van der Waals surface area contributed by atoms with Gasteiger partial charge in [0.1, 0.15) is 0 Å². The van der Waals surface area contributed by atoms with Crippen molar-refractivity contribution in [3.63, 3.8) is 0 Å². The molecule has 3 rings (SSSR count). The molecule has 0 spiro atoms. The van der Waals surface area contributed by atoms with Gasteiger partial charge in [-0.3, -0.25) is 14.4 Å². The first kappa shape index (κ1) is 24.5. The quantitative estimate of drug-likeness (QED) is 0.197. The average molecular weight is 564 g/mol. The van der Waals surface area contributed by atoms with Crippen molar-refractivity contribution in [2.45, 2.75) is 32.7 Å². The predicted molar refractivity (Wildman–Crippen MR) is 133 cm³/mol. The van der Waals surface area contributed by atoms with Crippen molar-refractivity contribution in [1.29, 1.82) is 0 Å². The van der Waals surface area contributed by atoms with Gasteiger partial charge in [-0.15, -0.1) is 0 Å². The highest BCUT2D eigenvalue weighted by molar-refractivity contribution is 14.1. The Hall–Kier alpha value is -3.15. The minimum absolute atomic E-state index is 0.0914. The van der Waals surface area contributed by atoms with Gasteiger partial charge >= 0.3 is 11.8 Å². The van der Waals surface area contributed by atoms with Crippen molar-refractivity contribution in [2.24, 2.45) is 5.10 Å². The molecule has 9 nitrogen and oxygen atoms in total. The van der Waals surface area contributed by atoms with Crippen LogP contribution < -0.4 is 25.5 Å². The van der Waals surface area contributed by atoms with Crippen molar-refractivity contribution >= 4 is 52.2 Å². The number of benzene rings is 2. The molecule has 0 aliphatic heterocycles. The molecule has 0 bridgehead atoms. The highest BCUT2D eigenvalue weighted by Gasteiger charge is 2.26. The van der Waals surface area contributed by atoms with Crippen LogP contribution in [0.4, 0.5) is 5.69 Å². The largest absolute Gasteiger partial charge is 0.493 e. The van der Waals surface area contributed by atoms with Crippen molar-refractivity contribution in [2.75, 3.05) is 19.0 Å². The molecule has 2 aromatic rings. The van der Waals surface area contributed by atoms with E-state index in [0.717, 1.165) is 24.0 Å². The number of hydrogen-bond acceptors (Lipinski definition) is 6. The number of rotatable bonds is 8. The molecule has 0 saturated heterocycles. The number of aryl methyl sites for hydroxylation is 2. The number of anilines is 1. The molecule has 0 radical (unpaired) electrons. The predicted octanol–water partition coefficient (Wildman–Crippen LogP) is 2.66. The SMILES string of the molecule is COc1cc(/C=N\NC(=O)C(=O)NC2CC2)cc(I)c1OCC(=O)Nc1ccc(C)c(C)c1. The molecule has 0 aromatic heterocycles. The van der Waals surface area contributed by atoms with Crippen LogP contribution in [-0.2, 0) is 14.4 Å². The van der Waals surface area contributed by atoms with E-state index in [9.17, 15) is 14.4 Å². The van der Waals surface area contributed by atoms with Gasteiger partial charge in [0.05, 0.1) is 16.9 Å². The first-order valence-corrected chi connectivity index (χ1v) is 11.4. The number of carbonyl (C=O) groups excluding carboxylic acids is 3. The van der Waals surface area contributed by atoms with E-state index in [1.807, 2.05) is 32.0 Å². The van der Waals surface area contributed by atoms with Crippen molar-refractivity contribution < 1.29 is 23.9 Å². The van der Waals surface area contributed by atoms with Crippen LogP contribution >= 0.6 is 22.6 Å². The molecule has 1 fully saturated rings. The Bertz CT molecular complexity index is 1100. The van der Waals surface area contributed by atoms with Crippen molar-refractivity contribution in [1.82, 2.24) is 10.7 Å². The average Bonchev–Trinajstić information content (AvgIpc) is 3.59. The second-order valence-corrected chi connectivity index (χ2v) is 8.78. The standard InChI is InChI=1S/C23H25IN4O5/c1-13-4-5-17(8-14(13)2)26-20(29)12-33-21-18(24)9-15(10-19(21)32-3)11-25-28-23(31)22(30)27-16-6-7-16/h4-5,8-11,16H,6-7,12H2,1-3H3,(H,26,29)(H,27,30)(H,28,31)/b25-11-. The Morgan fingerprint density at radius 3 is 2.55 bits per heavy atom. The van der Waals surface area contributed by atoms with Crippen LogP contribution in [-0.4, -0.2) is 43.7 Å². The number of amides is 3. The minimum atomic E-state index is -0.824. The zero-order valence-electron chi connectivity index (χ0n) is 18.5. The zero-order chi connectivity index (χ0) is 24.0. The molecule has 0 atom stereocenters. The first-order valence-electron chi connectivity index (χ1n) is 10.3. The van der Waals surface area contributed by atoms with Crippen LogP contribution in [0.2, 0.25) is 0 Å². The normalized spacial score (nSPS) is 12.8. The summed E-state index contributed by atoms with van der Waals surface area (Å²) in [6.07, 6.45) is 3.17. The molecule has 2 aromatic carbocycles. The van der Waals surface area contributed by atoms with Crippen molar-refractivity contribution in [3.8, 4) is 11.5 Å². The third-order valence-corrected chi connectivity index (χ3v) is 5.69. The maximum atomic E-state index is 12.3. The molecule has 1 saturated carbocycles. The fraction of sp³-hybridized carbons (Fsp3) is 0.304. The molecule has 1 aliphatic carbocycles. The molecule has 1 aliphatic rings. The maximum Gasteiger partial charge on any atom is 0.329 e. The summed E-state index contributed by atoms with van der Waals surface area (Å²) in [6.45, 7) is 3.79. The molecule has 174 valence electrons. The van der Waals surface area contributed by atoms with Gasteiger partial charge in [0, 0.05) is 11.7 Å². The van der Waals surface area contributed by atoms with Gasteiger partial charge in [0.25, 0.3) is 5.91 Å². The van der Waals surface area contributed by atoms with Crippen LogP contribution in [0.5, 0.6) is 11.5 Å². The Kier molecular flexibility index (Phi) is 8.26. The second-order valence-electron chi connectivity index (χ2n) is 7.62. The summed E-state index contributed by atoms with van der Waals surface area (Å²) in [5.74, 6) is -1.01. The number of halogens is 1. The highest BCUT2D eigenvalue weighted by Crippen LogP contribution is 2.33. The summed E-state index contributed by atoms with van der Waals surface area (Å²) in [7, 11) is 1.48. The Balaban J connectivity index is 1.58. The molecule has 0 heterocycles. The molecule has 0 unspecified atom stereocenters. The Morgan fingerprint density at radius 1 is 1.12 bits per heavy atom. The molecular weight excluding hydrogens is 539 g/mol. The Labute approximate surface area is 205 Å². The van der Waals surface area contributed by atoms with Crippen LogP contribution in [0.3, 0.4) is 0 Å². The summed E-state index contributed by atoms with van der Waals surface area (Å²) >= 11 is 2.06. The summed E-state index contributed by atoms with van der Waals surface area (Å²) in [5.41, 5.74) is 5.75. The van der Waals surface area contributed by atoms with Crippen LogP contribution in [0, 0.1) is 17.4 Å². The molecule has 3 N–H and O–H groups in total. The lowest BCUT2D eigenvalue weighted by Gasteiger charge is -2.14. The molecule has 33 heavy (non-hydrogen) atoms. The lowest BCUT2D eigenvalue weighted by molar-refractivity contribution is -0.139. The third kappa shape index (κ3) is 7.17. The number of carbonyl (C=O) groups is 3. The van der Waals surface area contributed by atoms with Gasteiger partial charge in [0.15, 0.2) is 18.1 Å². The molecule has 3 amide bonds. The molecule has 10 heteroatoms.